The molecule has 0 aliphatic heterocycles. The number of aromatic nitrogens is 1. The predicted octanol–water partition coefficient (Wildman–Crippen LogP) is 5.68. The number of rotatable bonds is 9. The molecule has 3 aromatic rings. The van der Waals surface area contributed by atoms with Crippen LogP contribution < -0.4 is 10.1 Å². The summed E-state index contributed by atoms with van der Waals surface area (Å²) in [5.41, 5.74) is 1.69. The lowest BCUT2D eigenvalue weighted by molar-refractivity contribution is 0.0500. The van der Waals surface area contributed by atoms with Crippen LogP contribution in [0, 0.1) is 0 Å². The molecule has 1 heterocycles. The van der Waals surface area contributed by atoms with Crippen molar-refractivity contribution in [1.82, 2.24) is 4.98 Å². The monoisotopic (exact) mass is 426 g/mol. The highest BCUT2D eigenvalue weighted by Crippen LogP contribution is 2.28. The van der Waals surface area contributed by atoms with E-state index >= 15 is 0 Å². The fraction of sp³-hybridized carbons (Fsp3) is 0.348. The van der Waals surface area contributed by atoms with E-state index in [1.54, 1.807) is 36.4 Å². The third-order valence-corrected chi connectivity index (χ3v) is 5.52. The second-order valence-corrected chi connectivity index (χ2v) is 8.04. The molecule has 1 N–H and O–H groups in total. The summed E-state index contributed by atoms with van der Waals surface area (Å²) in [7, 11) is 0. The smallest absolute Gasteiger partial charge is 0.338 e. The number of hydrogen-bond donors (Lipinski definition) is 1. The van der Waals surface area contributed by atoms with Crippen molar-refractivity contribution in [1.29, 1.82) is 0 Å². The molecule has 3 rings (SSSR count). The molecule has 0 unspecified atom stereocenters. The molecule has 0 saturated heterocycles. The first-order valence-corrected chi connectivity index (χ1v) is 11.0. The Morgan fingerprint density at radius 1 is 1.13 bits per heavy atom. The molecule has 0 spiro atoms. The van der Waals surface area contributed by atoms with Gasteiger partial charge >= 0.3 is 5.97 Å². The summed E-state index contributed by atoms with van der Waals surface area (Å²) >= 11 is 1.32. The van der Waals surface area contributed by atoms with Crippen molar-refractivity contribution in [3.8, 4) is 5.75 Å². The molecule has 6 nitrogen and oxygen atoms in total. The number of amides is 1. The second kappa shape index (κ2) is 10.2. The van der Waals surface area contributed by atoms with Gasteiger partial charge < -0.3 is 9.47 Å². The average Bonchev–Trinajstić information content (AvgIpc) is 3.15. The van der Waals surface area contributed by atoms with Crippen molar-refractivity contribution >= 4 is 38.6 Å². The van der Waals surface area contributed by atoms with Gasteiger partial charge in [-0.25, -0.2) is 9.78 Å². The summed E-state index contributed by atoms with van der Waals surface area (Å²) in [5.74, 6) is 0.0536. The molecule has 2 aromatic carbocycles. The van der Waals surface area contributed by atoms with Crippen LogP contribution in [0.1, 0.15) is 60.7 Å². The SMILES string of the molecule is CCCCOC(=O)c1ccc2nc(NC(=O)c3cccc(O[C@@H](C)CC)c3)sc2c1. The van der Waals surface area contributed by atoms with Crippen LogP contribution in [0.25, 0.3) is 10.2 Å². The Hall–Kier alpha value is -2.93. The zero-order chi connectivity index (χ0) is 21.5. The van der Waals surface area contributed by atoms with Gasteiger partial charge in [-0.2, -0.15) is 0 Å². The van der Waals surface area contributed by atoms with Crippen LogP contribution in [0.3, 0.4) is 0 Å². The van der Waals surface area contributed by atoms with E-state index in [0.717, 1.165) is 24.0 Å². The number of nitrogens with one attached hydrogen (secondary N) is 1. The van der Waals surface area contributed by atoms with Gasteiger partial charge in [-0.1, -0.05) is 37.7 Å². The standard InChI is InChI=1S/C23H26N2O4S/c1-4-6-12-28-22(27)17-10-11-19-20(14-17)30-23(24-19)25-21(26)16-8-7-9-18(13-16)29-15(3)5-2/h7-11,13-15H,4-6,12H2,1-3H3,(H,24,25,26)/t15-/m0/s1. The topological polar surface area (TPSA) is 77.5 Å². The molecule has 0 bridgehead atoms. The van der Waals surface area contributed by atoms with Crippen LogP contribution in [0.5, 0.6) is 5.75 Å². The van der Waals surface area contributed by atoms with E-state index in [1.165, 1.54) is 11.3 Å². The Balaban J connectivity index is 1.70. The molecule has 30 heavy (non-hydrogen) atoms. The van der Waals surface area contributed by atoms with Crippen molar-refractivity contribution in [2.45, 2.75) is 46.1 Å². The van der Waals surface area contributed by atoms with Gasteiger partial charge in [0.25, 0.3) is 5.91 Å². The first-order chi connectivity index (χ1) is 14.5. The quantitative estimate of drug-likeness (QED) is 0.352. The van der Waals surface area contributed by atoms with Crippen molar-refractivity contribution in [3.63, 3.8) is 0 Å². The fourth-order valence-corrected chi connectivity index (χ4v) is 3.59. The first kappa shape index (κ1) is 21.8. The zero-order valence-corrected chi connectivity index (χ0v) is 18.3. The number of carbonyl (C=O) groups is 2. The van der Waals surface area contributed by atoms with Gasteiger partial charge in [0.2, 0.25) is 0 Å². The molecule has 1 atom stereocenters. The van der Waals surface area contributed by atoms with E-state index in [2.05, 4.69) is 10.3 Å². The van der Waals surface area contributed by atoms with E-state index in [1.807, 2.05) is 26.8 Å². The number of nitrogens with zero attached hydrogens (tertiary/aromatic N) is 1. The van der Waals surface area contributed by atoms with Gasteiger partial charge in [0.05, 0.1) is 28.5 Å². The molecule has 7 heteroatoms. The lowest BCUT2D eigenvalue weighted by atomic mass is 10.2. The Kier molecular flexibility index (Phi) is 7.41. The van der Waals surface area contributed by atoms with Crippen molar-refractivity contribution < 1.29 is 19.1 Å². The number of thiazole rings is 1. The second-order valence-electron chi connectivity index (χ2n) is 7.01. The fourth-order valence-electron chi connectivity index (χ4n) is 2.69. The Morgan fingerprint density at radius 3 is 2.73 bits per heavy atom. The van der Waals surface area contributed by atoms with E-state index in [0.29, 0.717) is 34.1 Å². The van der Waals surface area contributed by atoms with Crippen LogP contribution >= 0.6 is 11.3 Å². The first-order valence-electron chi connectivity index (χ1n) is 10.2. The molecular weight excluding hydrogens is 400 g/mol. The minimum atomic E-state index is -0.345. The zero-order valence-electron chi connectivity index (χ0n) is 17.4. The number of anilines is 1. The van der Waals surface area contributed by atoms with Gasteiger partial charge in [0, 0.05) is 5.56 Å². The summed E-state index contributed by atoms with van der Waals surface area (Å²) in [4.78, 5) is 29.2. The molecular formula is C23H26N2O4S. The molecule has 0 fully saturated rings. The van der Waals surface area contributed by atoms with Gasteiger partial charge in [-0.3, -0.25) is 10.1 Å². The number of unbranched alkanes of at least 4 members (excludes halogenated alkanes) is 1. The van der Waals surface area contributed by atoms with Crippen LogP contribution in [0.4, 0.5) is 5.13 Å². The highest BCUT2D eigenvalue weighted by atomic mass is 32.1. The summed E-state index contributed by atoms with van der Waals surface area (Å²) in [6, 6.07) is 12.3. The maximum Gasteiger partial charge on any atom is 0.338 e. The highest BCUT2D eigenvalue weighted by Gasteiger charge is 2.14. The van der Waals surface area contributed by atoms with E-state index in [-0.39, 0.29) is 18.0 Å². The Morgan fingerprint density at radius 2 is 1.97 bits per heavy atom. The molecule has 0 aliphatic rings. The molecule has 1 amide bonds. The summed E-state index contributed by atoms with van der Waals surface area (Å²) in [5, 5.41) is 3.30. The van der Waals surface area contributed by atoms with E-state index < -0.39 is 0 Å². The number of benzene rings is 2. The minimum absolute atomic E-state index is 0.0791. The number of hydrogen-bond acceptors (Lipinski definition) is 6. The summed E-state index contributed by atoms with van der Waals surface area (Å²) in [6.07, 6.45) is 2.77. The van der Waals surface area contributed by atoms with Crippen molar-refractivity contribution in [3.05, 3.63) is 53.6 Å². The normalized spacial score (nSPS) is 11.8. The Bertz CT molecular complexity index is 1030. The van der Waals surface area contributed by atoms with Crippen LogP contribution in [0.2, 0.25) is 0 Å². The van der Waals surface area contributed by atoms with Crippen LogP contribution in [0.15, 0.2) is 42.5 Å². The van der Waals surface area contributed by atoms with Crippen LogP contribution in [-0.2, 0) is 4.74 Å². The molecule has 0 aliphatic carbocycles. The maximum absolute atomic E-state index is 12.6. The predicted molar refractivity (Wildman–Crippen MR) is 120 cm³/mol. The van der Waals surface area contributed by atoms with Gasteiger partial charge in [0.1, 0.15) is 5.75 Å². The van der Waals surface area contributed by atoms with E-state index in [4.69, 9.17) is 9.47 Å². The minimum Gasteiger partial charge on any atom is -0.491 e. The van der Waals surface area contributed by atoms with Crippen molar-refractivity contribution in [2.24, 2.45) is 0 Å². The van der Waals surface area contributed by atoms with Gasteiger partial charge in [-0.05, 0) is 56.2 Å². The largest absolute Gasteiger partial charge is 0.491 e. The number of carbonyl (C=O) groups excluding carboxylic acids is 2. The number of ether oxygens (including phenoxy) is 2. The van der Waals surface area contributed by atoms with Crippen LogP contribution in [-0.4, -0.2) is 29.6 Å². The van der Waals surface area contributed by atoms with Crippen molar-refractivity contribution in [2.75, 3.05) is 11.9 Å². The number of esters is 1. The third-order valence-electron chi connectivity index (χ3n) is 4.58. The Labute approximate surface area is 180 Å². The third kappa shape index (κ3) is 5.57. The van der Waals surface area contributed by atoms with E-state index in [9.17, 15) is 9.59 Å². The average molecular weight is 427 g/mol. The number of fused-ring (bicyclic) bond motifs is 1. The highest BCUT2D eigenvalue weighted by molar-refractivity contribution is 7.22. The molecule has 158 valence electrons. The molecule has 0 saturated carbocycles. The lowest BCUT2D eigenvalue weighted by Gasteiger charge is -2.13. The summed E-state index contributed by atoms with van der Waals surface area (Å²) < 4.78 is 11.9. The molecule has 1 aromatic heterocycles. The molecule has 0 radical (unpaired) electrons. The van der Waals surface area contributed by atoms with Gasteiger partial charge in [0.15, 0.2) is 5.13 Å². The summed E-state index contributed by atoms with van der Waals surface area (Å²) in [6.45, 7) is 6.49. The van der Waals surface area contributed by atoms with Gasteiger partial charge in [-0.15, -0.1) is 0 Å². The maximum atomic E-state index is 12.6. The lowest BCUT2D eigenvalue weighted by Crippen LogP contribution is -2.13.